The summed E-state index contributed by atoms with van der Waals surface area (Å²) in [6.45, 7) is 10.9. The van der Waals surface area contributed by atoms with Crippen molar-refractivity contribution in [1.29, 1.82) is 0 Å². The molecule has 0 unspecified atom stereocenters. The van der Waals surface area contributed by atoms with Crippen molar-refractivity contribution in [3.05, 3.63) is 36.3 Å². The lowest BCUT2D eigenvalue weighted by Crippen LogP contribution is -2.22. The van der Waals surface area contributed by atoms with Gasteiger partial charge in [0.05, 0.1) is 10.9 Å². The monoisotopic (exact) mass is 388 g/mol. The van der Waals surface area contributed by atoms with Crippen LogP contribution in [0.5, 0.6) is 0 Å². The maximum absolute atomic E-state index is 12.8. The molecule has 0 atom stereocenters. The first-order valence-electron chi connectivity index (χ1n) is 9.41. The molecule has 2 rings (SSSR count). The first-order chi connectivity index (χ1) is 12.7. The van der Waals surface area contributed by atoms with Gasteiger partial charge in [0.15, 0.2) is 5.78 Å². The van der Waals surface area contributed by atoms with Gasteiger partial charge in [0.2, 0.25) is 0 Å². The number of aromatic nitrogens is 2. The van der Waals surface area contributed by atoms with E-state index in [9.17, 15) is 4.79 Å². The highest BCUT2D eigenvalue weighted by molar-refractivity contribution is 6.76. The van der Waals surface area contributed by atoms with E-state index in [0.717, 1.165) is 35.9 Å². The number of allylic oxidation sites excluding steroid dienone is 1. The molecular formula is C20H32N4O2Si. The van der Waals surface area contributed by atoms with Gasteiger partial charge in [0, 0.05) is 65.7 Å². The maximum Gasteiger partial charge on any atom is 0.189 e. The molecular weight excluding hydrogens is 356 g/mol. The molecule has 2 aromatic heterocycles. The van der Waals surface area contributed by atoms with E-state index in [1.807, 2.05) is 42.7 Å². The van der Waals surface area contributed by atoms with E-state index in [-0.39, 0.29) is 5.78 Å². The number of nitrogens with zero attached hydrogens (tertiary/aromatic N) is 3. The highest BCUT2D eigenvalue weighted by Gasteiger charge is 2.18. The number of hydrogen-bond donors (Lipinski definition) is 1. The third-order valence-electron chi connectivity index (χ3n) is 4.14. The second-order valence-corrected chi connectivity index (χ2v) is 13.7. The summed E-state index contributed by atoms with van der Waals surface area (Å²) in [6, 6.07) is 3.02. The Morgan fingerprint density at radius 2 is 2.11 bits per heavy atom. The van der Waals surface area contributed by atoms with Crippen molar-refractivity contribution in [1.82, 2.24) is 14.5 Å². The summed E-state index contributed by atoms with van der Waals surface area (Å²) in [5.41, 5.74) is 2.33. The number of carbonyl (C=O) groups is 1. The number of carbonyl (C=O) groups excluding carboxylic acids is 1. The molecule has 6 nitrogen and oxygen atoms in total. The van der Waals surface area contributed by atoms with Gasteiger partial charge >= 0.3 is 0 Å². The van der Waals surface area contributed by atoms with Crippen LogP contribution >= 0.6 is 0 Å². The van der Waals surface area contributed by atoms with Crippen LogP contribution in [0.1, 0.15) is 17.3 Å². The van der Waals surface area contributed by atoms with Crippen LogP contribution in [-0.2, 0) is 11.5 Å². The number of ether oxygens (including phenoxy) is 1. The smallest absolute Gasteiger partial charge is 0.189 e. The van der Waals surface area contributed by atoms with Crippen molar-refractivity contribution in [3.8, 4) is 0 Å². The Morgan fingerprint density at radius 1 is 1.37 bits per heavy atom. The summed E-state index contributed by atoms with van der Waals surface area (Å²) in [4.78, 5) is 19.1. The average Bonchev–Trinajstić information content (AvgIpc) is 2.96. The molecule has 0 aliphatic carbocycles. The quantitative estimate of drug-likeness (QED) is 0.288. The fraction of sp³-hybridized carbons (Fsp3) is 0.500. The standard InChI is InChI=1S/C20H32N4O2Si/c1-7-21-17-8-10-22-20-19(17)16(18(25)9-11-23(2)3)14-24(20)15-26-12-13-27(4,5)6/h8-11,14H,7,12-13,15H2,1-6H3,(H,21,22)/b11-9+. The number of nitrogens with one attached hydrogen (secondary N) is 1. The zero-order chi connectivity index (χ0) is 20.0. The third-order valence-corrected chi connectivity index (χ3v) is 5.84. The predicted molar refractivity (Wildman–Crippen MR) is 115 cm³/mol. The molecule has 0 saturated heterocycles. The Morgan fingerprint density at radius 3 is 2.74 bits per heavy atom. The SMILES string of the molecule is CCNc1ccnc2c1c(C(=O)/C=C/N(C)C)cn2COCC[Si](C)(C)C. The molecule has 0 aromatic carbocycles. The fourth-order valence-electron chi connectivity index (χ4n) is 2.69. The van der Waals surface area contributed by atoms with E-state index in [2.05, 4.69) is 29.9 Å². The van der Waals surface area contributed by atoms with E-state index in [1.165, 1.54) is 0 Å². The summed E-state index contributed by atoms with van der Waals surface area (Å²) in [5, 5.41) is 4.18. The molecule has 0 amide bonds. The minimum atomic E-state index is -1.13. The van der Waals surface area contributed by atoms with Gasteiger partial charge in [-0.2, -0.15) is 0 Å². The molecule has 148 valence electrons. The zero-order valence-corrected chi connectivity index (χ0v) is 18.4. The summed E-state index contributed by atoms with van der Waals surface area (Å²) >= 11 is 0. The Balaban J connectivity index is 2.35. The molecule has 0 radical (unpaired) electrons. The van der Waals surface area contributed by atoms with Gasteiger partial charge in [0.25, 0.3) is 0 Å². The first-order valence-corrected chi connectivity index (χ1v) is 13.1. The van der Waals surface area contributed by atoms with Crippen molar-refractivity contribution in [2.45, 2.75) is 39.3 Å². The van der Waals surface area contributed by atoms with Gasteiger partial charge in [-0.1, -0.05) is 19.6 Å². The maximum atomic E-state index is 12.8. The zero-order valence-electron chi connectivity index (χ0n) is 17.4. The van der Waals surface area contributed by atoms with Crippen LogP contribution in [0.4, 0.5) is 5.69 Å². The highest BCUT2D eigenvalue weighted by atomic mass is 28.3. The molecule has 0 spiro atoms. The van der Waals surface area contributed by atoms with Gasteiger partial charge in [-0.25, -0.2) is 4.98 Å². The Hall–Kier alpha value is -2.12. The van der Waals surface area contributed by atoms with Crippen LogP contribution in [0.2, 0.25) is 25.7 Å². The number of pyridine rings is 1. The van der Waals surface area contributed by atoms with Crippen LogP contribution in [-0.4, -0.2) is 55.6 Å². The Bertz CT molecular complexity index is 806. The first kappa shape index (κ1) is 21.2. The largest absolute Gasteiger partial charge is 0.385 e. The van der Waals surface area contributed by atoms with E-state index < -0.39 is 8.07 Å². The molecule has 0 saturated carbocycles. The minimum Gasteiger partial charge on any atom is -0.385 e. The lowest BCUT2D eigenvalue weighted by Gasteiger charge is -2.15. The molecule has 0 bridgehead atoms. The molecule has 2 aromatic rings. The van der Waals surface area contributed by atoms with Gasteiger partial charge < -0.3 is 19.5 Å². The van der Waals surface area contributed by atoms with Gasteiger partial charge in [0.1, 0.15) is 12.4 Å². The molecule has 1 N–H and O–H groups in total. The second-order valence-electron chi connectivity index (χ2n) is 8.09. The number of hydrogen-bond acceptors (Lipinski definition) is 5. The molecule has 0 aliphatic rings. The molecule has 0 fully saturated rings. The van der Waals surface area contributed by atoms with Gasteiger partial charge in [-0.3, -0.25) is 4.79 Å². The normalized spacial score (nSPS) is 12.1. The van der Waals surface area contributed by atoms with Crippen LogP contribution in [0.15, 0.2) is 30.7 Å². The van der Waals surface area contributed by atoms with Crippen molar-refractivity contribution in [3.63, 3.8) is 0 Å². The molecule has 0 aliphatic heterocycles. The Kier molecular flexibility index (Phi) is 7.21. The van der Waals surface area contributed by atoms with E-state index >= 15 is 0 Å². The number of anilines is 1. The van der Waals surface area contributed by atoms with Crippen LogP contribution < -0.4 is 5.32 Å². The van der Waals surface area contributed by atoms with Gasteiger partial charge in [-0.15, -0.1) is 0 Å². The van der Waals surface area contributed by atoms with Crippen LogP contribution in [0, 0.1) is 0 Å². The van der Waals surface area contributed by atoms with Crippen molar-refractivity contribution in [2.75, 3.05) is 32.6 Å². The van der Waals surface area contributed by atoms with Gasteiger partial charge in [-0.05, 0) is 19.0 Å². The molecule has 2 heterocycles. The molecule has 27 heavy (non-hydrogen) atoms. The number of rotatable bonds is 10. The van der Waals surface area contributed by atoms with Crippen LogP contribution in [0.3, 0.4) is 0 Å². The van der Waals surface area contributed by atoms with E-state index in [4.69, 9.17) is 4.74 Å². The predicted octanol–water partition coefficient (Wildman–Crippen LogP) is 4.04. The Labute approximate surface area is 163 Å². The molecule has 7 heteroatoms. The van der Waals surface area contributed by atoms with Crippen molar-refractivity contribution >= 4 is 30.6 Å². The average molecular weight is 389 g/mol. The van der Waals surface area contributed by atoms with Crippen molar-refractivity contribution < 1.29 is 9.53 Å². The summed E-state index contributed by atoms with van der Waals surface area (Å²) < 4.78 is 7.82. The minimum absolute atomic E-state index is 0.0401. The number of ketones is 1. The topological polar surface area (TPSA) is 59.4 Å². The lowest BCUT2D eigenvalue weighted by atomic mass is 10.1. The lowest BCUT2D eigenvalue weighted by molar-refractivity contribution is 0.0896. The second kappa shape index (κ2) is 9.19. The summed E-state index contributed by atoms with van der Waals surface area (Å²) in [6.07, 6.45) is 6.98. The summed E-state index contributed by atoms with van der Waals surface area (Å²) in [5.74, 6) is -0.0401. The fourth-order valence-corrected chi connectivity index (χ4v) is 3.44. The van der Waals surface area contributed by atoms with E-state index in [0.29, 0.717) is 12.3 Å². The third kappa shape index (κ3) is 5.94. The van der Waals surface area contributed by atoms with E-state index in [1.54, 1.807) is 18.5 Å². The number of fused-ring (bicyclic) bond motifs is 1. The van der Waals surface area contributed by atoms with Crippen molar-refractivity contribution in [2.24, 2.45) is 0 Å². The highest BCUT2D eigenvalue weighted by Crippen LogP contribution is 2.28. The summed E-state index contributed by atoms with van der Waals surface area (Å²) in [7, 11) is 2.66. The van der Waals surface area contributed by atoms with Crippen LogP contribution in [0.25, 0.3) is 11.0 Å².